The molecule has 0 N–H and O–H groups in total. The average Bonchev–Trinajstić information content (AvgIpc) is 2.84. The highest BCUT2D eigenvalue weighted by molar-refractivity contribution is 8.02. The van der Waals surface area contributed by atoms with Crippen molar-refractivity contribution in [2.45, 2.75) is 10.1 Å². The number of fused-ring (bicyclic) bond motifs is 1. The van der Waals surface area contributed by atoms with Crippen LogP contribution in [0.2, 0.25) is 0 Å². The van der Waals surface area contributed by atoms with E-state index in [-0.39, 0.29) is 11.6 Å². The van der Waals surface area contributed by atoms with E-state index < -0.39 is 5.25 Å². The summed E-state index contributed by atoms with van der Waals surface area (Å²) in [4.78, 5) is 25.2. The molecule has 1 aliphatic rings. The second kappa shape index (κ2) is 5.47. The molecule has 0 aromatic heterocycles. The molecule has 3 heteroatoms. The number of hydrogen-bond donors (Lipinski definition) is 0. The van der Waals surface area contributed by atoms with Gasteiger partial charge in [0.25, 0.3) is 0 Å². The number of benzene rings is 2. The summed E-state index contributed by atoms with van der Waals surface area (Å²) >= 11 is 1.34. The number of carbonyl (C=O) groups excluding carboxylic acids is 2. The molecule has 0 spiro atoms. The summed E-state index contributed by atoms with van der Waals surface area (Å²) < 4.78 is 0. The quantitative estimate of drug-likeness (QED) is 0.636. The van der Waals surface area contributed by atoms with Crippen LogP contribution in [-0.2, 0) is 4.79 Å². The first kappa shape index (κ1) is 12.9. The zero-order chi connectivity index (χ0) is 13.9. The predicted octanol–water partition coefficient (Wildman–Crippen LogP) is 3.63. The van der Waals surface area contributed by atoms with E-state index in [1.165, 1.54) is 17.8 Å². The lowest BCUT2D eigenvalue weighted by molar-refractivity contribution is -0.113. The van der Waals surface area contributed by atoms with Crippen molar-refractivity contribution in [1.29, 1.82) is 0 Å². The second-order valence-corrected chi connectivity index (χ2v) is 5.65. The minimum atomic E-state index is -0.632. The molecule has 3 rings (SSSR count). The van der Waals surface area contributed by atoms with Crippen LogP contribution >= 0.6 is 11.8 Å². The van der Waals surface area contributed by atoms with Gasteiger partial charge in [-0.2, -0.15) is 0 Å². The van der Waals surface area contributed by atoms with Crippen LogP contribution in [0.25, 0.3) is 6.08 Å². The molecular formula is C17H12O2S. The van der Waals surface area contributed by atoms with E-state index in [1.807, 2.05) is 48.5 Å². The van der Waals surface area contributed by atoms with Crippen LogP contribution in [-0.4, -0.2) is 16.8 Å². The lowest BCUT2D eigenvalue weighted by Gasteiger charge is -2.01. The number of allylic oxidation sites excluding steroid dienone is 1. The fraction of sp³-hybridized carbons (Fsp3) is 0.0588. The van der Waals surface area contributed by atoms with Gasteiger partial charge in [-0.1, -0.05) is 54.6 Å². The molecule has 0 amide bonds. The maximum absolute atomic E-state index is 12.2. The molecule has 0 aliphatic carbocycles. The molecule has 1 aliphatic heterocycles. The minimum Gasteiger partial charge on any atom is -0.293 e. The summed E-state index contributed by atoms with van der Waals surface area (Å²) in [5.41, 5.74) is 1.61. The molecular weight excluding hydrogens is 268 g/mol. The Balaban J connectivity index is 1.77. The van der Waals surface area contributed by atoms with Crippen LogP contribution in [0.3, 0.4) is 0 Å². The number of carbonyl (C=O) groups is 2. The van der Waals surface area contributed by atoms with Crippen molar-refractivity contribution >= 4 is 29.4 Å². The maximum Gasteiger partial charge on any atom is 0.185 e. The van der Waals surface area contributed by atoms with Crippen LogP contribution in [0.5, 0.6) is 0 Å². The SMILES string of the molecule is O=C(/C=C/c1ccccc1)C1Sc2ccccc2C1=O. The molecule has 2 nitrogen and oxygen atoms in total. The topological polar surface area (TPSA) is 34.1 Å². The monoisotopic (exact) mass is 280 g/mol. The second-order valence-electron chi connectivity index (χ2n) is 4.50. The lowest BCUT2D eigenvalue weighted by Crippen LogP contribution is -2.21. The molecule has 1 heterocycles. The summed E-state index contributed by atoms with van der Waals surface area (Å²) in [5.74, 6) is -0.242. The van der Waals surface area contributed by atoms with Crippen LogP contribution in [0.1, 0.15) is 15.9 Å². The van der Waals surface area contributed by atoms with Crippen molar-refractivity contribution in [3.63, 3.8) is 0 Å². The maximum atomic E-state index is 12.2. The van der Waals surface area contributed by atoms with Crippen molar-refractivity contribution in [3.8, 4) is 0 Å². The van der Waals surface area contributed by atoms with E-state index in [4.69, 9.17) is 0 Å². The third kappa shape index (κ3) is 2.45. The number of thioether (sulfide) groups is 1. The van der Waals surface area contributed by atoms with Gasteiger partial charge in [0.15, 0.2) is 11.6 Å². The molecule has 2 aromatic carbocycles. The Morgan fingerprint density at radius 2 is 1.70 bits per heavy atom. The van der Waals surface area contributed by atoms with Gasteiger partial charge in [-0.25, -0.2) is 0 Å². The Morgan fingerprint density at radius 1 is 1.00 bits per heavy atom. The van der Waals surface area contributed by atoms with Gasteiger partial charge in [-0.05, 0) is 17.7 Å². The summed E-state index contributed by atoms with van der Waals surface area (Å²) in [7, 11) is 0. The Bertz CT molecular complexity index is 689. The standard InChI is InChI=1S/C17H12O2S/c18-14(11-10-12-6-2-1-3-7-12)17-16(19)13-8-4-5-9-15(13)20-17/h1-11,17H/b11-10+. The van der Waals surface area contributed by atoms with E-state index in [0.717, 1.165) is 10.5 Å². The summed E-state index contributed by atoms with van der Waals surface area (Å²) in [6.07, 6.45) is 3.25. The van der Waals surface area contributed by atoms with E-state index in [1.54, 1.807) is 12.1 Å². The molecule has 98 valence electrons. The number of hydrogen-bond acceptors (Lipinski definition) is 3. The third-order valence-corrected chi connectivity index (χ3v) is 4.43. The molecule has 0 saturated carbocycles. The summed E-state index contributed by atoms with van der Waals surface area (Å²) in [6, 6.07) is 16.9. The van der Waals surface area contributed by atoms with Gasteiger partial charge < -0.3 is 0 Å². The van der Waals surface area contributed by atoms with E-state index in [0.29, 0.717) is 5.56 Å². The number of ketones is 2. The van der Waals surface area contributed by atoms with Crippen LogP contribution < -0.4 is 0 Å². The zero-order valence-corrected chi connectivity index (χ0v) is 11.5. The van der Waals surface area contributed by atoms with Gasteiger partial charge in [0.2, 0.25) is 0 Å². The van der Waals surface area contributed by atoms with Crippen molar-refractivity contribution < 1.29 is 9.59 Å². The highest BCUT2D eigenvalue weighted by Gasteiger charge is 2.34. The molecule has 0 fully saturated rings. The first-order valence-electron chi connectivity index (χ1n) is 6.32. The molecule has 20 heavy (non-hydrogen) atoms. The molecule has 1 unspecified atom stereocenters. The summed E-state index contributed by atoms with van der Waals surface area (Å²) in [6.45, 7) is 0. The van der Waals surface area contributed by atoms with Crippen LogP contribution in [0.15, 0.2) is 65.6 Å². The first-order chi connectivity index (χ1) is 9.75. The minimum absolute atomic E-state index is 0.0895. The number of Topliss-reactive ketones (excluding diaryl/α,β-unsaturated/α-hetero) is 1. The average molecular weight is 280 g/mol. The van der Waals surface area contributed by atoms with E-state index in [2.05, 4.69) is 0 Å². The molecule has 2 aromatic rings. The van der Waals surface area contributed by atoms with Crippen LogP contribution in [0.4, 0.5) is 0 Å². The van der Waals surface area contributed by atoms with Gasteiger partial charge >= 0.3 is 0 Å². The van der Waals surface area contributed by atoms with Crippen molar-refractivity contribution in [3.05, 3.63) is 71.8 Å². The third-order valence-electron chi connectivity index (χ3n) is 3.13. The Morgan fingerprint density at radius 3 is 2.45 bits per heavy atom. The van der Waals surface area contributed by atoms with Gasteiger partial charge in [0.1, 0.15) is 5.25 Å². The highest BCUT2D eigenvalue weighted by Crippen LogP contribution is 2.37. The lowest BCUT2D eigenvalue weighted by atomic mass is 10.1. The van der Waals surface area contributed by atoms with Gasteiger partial charge in [-0.15, -0.1) is 11.8 Å². The molecule has 1 atom stereocenters. The van der Waals surface area contributed by atoms with Gasteiger partial charge in [-0.3, -0.25) is 9.59 Å². The van der Waals surface area contributed by atoms with Crippen molar-refractivity contribution in [2.24, 2.45) is 0 Å². The van der Waals surface area contributed by atoms with Crippen molar-refractivity contribution in [1.82, 2.24) is 0 Å². The van der Waals surface area contributed by atoms with Crippen molar-refractivity contribution in [2.75, 3.05) is 0 Å². The number of rotatable bonds is 3. The predicted molar refractivity (Wildman–Crippen MR) is 80.9 cm³/mol. The Labute approximate surface area is 121 Å². The molecule has 0 radical (unpaired) electrons. The Hall–Kier alpha value is -2.13. The van der Waals surface area contributed by atoms with Gasteiger partial charge in [0.05, 0.1) is 0 Å². The zero-order valence-electron chi connectivity index (χ0n) is 10.7. The smallest absolute Gasteiger partial charge is 0.185 e. The van der Waals surface area contributed by atoms with Crippen LogP contribution in [0, 0.1) is 0 Å². The van der Waals surface area contributed by atoms with E-state index in [9.17, 15) is 9.59 Å². The molecule has 0 bridgehead atoms. The Kier molecular flexibility index (Phi) is 3.52. The fourth-order valence-electron chi connectivity index (χ4n) is 2.11. The normalized spacial score (nSPS) is 17.4. The molecule has 0 saturated heterocycles. The largest absolute Gasteiger partial charge is 0.293 e. The fourth-order valence-corrected chi connectivity index (χ4v) is 3.25. The highest BCUT2D eigenvalue weighted by atomic mass is 32.2. The first-order valence-corrected chi connectivity index (χ1v) is 7.20. The van der Waals surface area contributed by atoms with Gasteiger partial charge in [0, 0.05) is 10.5 Å². The summed E-state index contributed by atoms with van der Waals surface area (Å²) in [5, 5.41) is -0.632. The van der Waals surface area contributed by atoms with E-state index >= 15 is 0 Å².